The number of benzene rings is 4. The van der Waals surface area contributed by atoms with Crippen molar-refractivity contribution in [3.8, 4) is 28.6 Å². The normalized spacial score (nSPS) is 11.3. The van der Waals surface area contributed by atoms with Crippen molar-refractivity contribution in [2.45, 2.75) is 0 Å². The van der Waals surface area contributed by atoms with Gasteiger partial charge in [-0.1, -0.05) is 36.4 Å². The van der Waals surface area contributed by atoms with Crippen LogP contribution in [0.4, 0.5) is 0 Å². The monoisotopic (exact) mass is 385 g/mol. The molecule has 1 aromatic heterocycles. The lowest BCUT2D eigenvalue weighted by Gasteiger charge is -2.12. The van der Waals surface area contributed by atoms with Gasteiger partial charge in [-0.2, -0.15) is 5.10 Å². The first kappa shape index (κ1) is 16.5. The second kappa shape index (κ2) is 6.21. The van der Waals surface area contributed by atoms with E-state index in [0.717, 1.165) is 21.8 Å². The van der Waals surface area contributed by atoms with Gasteiger partial charge in [0, 0.05) is 11.5 Å². The molecule has 6 heteroatoms. The van der Waals surface area contributed by atoms with Gasteiger partial charge in [-0.15, -0.1) is 0 Å². The predicted molar refractivity (Wildman–Crippen MR) is 113 cm³/mol. The largest absolute Gasteiger partial charge is 0.508 e. The van der Waals surface area contributed by atoms with Crippen LogP contribution in [0.3, 0.4) is 0 Å². The molecule has 3 N–H and O–H groups in total. The Bertz CT molecular complexity index is 1420. The number of fused-ring (bicyclic) bond motifs is 2. The molecule has 0 saturated heterocycles. The van der Waals surface area contributed by atoms with Crippen LogP contribution in [0, 0.1) is 4.77 Å². The summed E-state index contributed by atoms with van der Waals surface area (Å²) in [5.74, 6) is 0.391. The van der Waals surface area contributed by atoms with E-state index in [1.165, 1.54) is 17.5 Å². The minimum absolute atomic E-state index is 0.0152. The van der Waals surface area contributed by atoms with Crippen LogP contribution in [0.5, 0.6) is 11.5 Å². The number of H-pyrrole nitrogens is 1. The maximum Gasteiger partial charge on any atom is 0.200 e. The van der Waals surface area contributed by atoms with Crippen molar-refractivity contribution in [3.05, 3.63) is 77.6 Å². The van der Waals surface area contributed by atoms with E-state index in [9.17, 15) is 10.2 Å². The van der Waals surface area contributed by atoms with Crippen molar-refractivity contribution >= 4 is 33.8 Å². The maximum absolute atomic E-state index is 10.3. The standard InChI is InChI=1S/C22H15N3O2S/c26-16-8-9-17(20(27)12-16)21-23-24-22(28)25(21)19-7-3-6-15-10-13-4-1-2-5-14(13)11-18(15)19/h1-12,26-27H,(H,24,28). The van der Waals surface area contributed by atoms with E-state index in [1.54, 1.807) is 10.6 Å². The molecule has 5 aromatic rings. The maximum atomic E-state index is 10.3. The summed E-state index contributed by atoms with van der Waals surface area (Å²) in [6, 6.07) is 22.9. The molecule has 0 spiro atoms. The van der Waals surface area contributed by atoms with E-state index < -0.39 is 0 Å². The van der Waals surface area contributed by atoms with Gasteiger partial charge in [0.1, 0.15) is 11.5 Å². The molecular formula is C22H15N3O2S. The lowest BCUT2D eigenvalue weighted by atomic mass is 10.0. The van der Waals surface area contributed by atoms with Gasteiger partial charge in [0.2, 0.25) is 0 Å². The van der Waals surface area contributed by atoms with Crippen LogP contribution in [-0.4, -0.2) is 25.0 Å². The SMILES string of the molecule is Oc1ccc(-c2n[nH]c(=S)n2-c2cccc3cc4ccccc4cc23)c(O)c1. The van der Waals surface area contributed by atoms with Gasteiger partial charge >= 0.3 is 0 Å². The molecule has 0 atom stereocenters. The molecule has 4 aromatic carbocycles. The number of hydrogen-bond acceptors (Lipinski definition) is 4. The summed E-state index contributed by atoms with van der Waals surface area (Å²) in [4.78, 5) is 0. The Morgan fingerprint density at radius 1 is 0.821 bits per heavy atom. The number of hydrogen-bond donors (Lipinski definition) is 3. The highest BCUT2D eigenvalue weighted by Crippen LogP contribution is 2.34. The fourth-order valence-electron chi connectivity index (χ4n) is 3.56. The van der Waals surface area contributed by atoms with Crippen molar-refractivity contribution in [1.82, 2.24) is 14.8 Å². The smallest absolute Gasteiger partial charge is 0.200 e. The Morgan fingerprint density at radius 3 is 2.36 bits per heavy atom. The number of aromatic nitrogens is 3. The molecule has 0 fully saturated rings. The average Bonchev–Trinajstić information content (AvgIpc) is 3.07. The van der Waals surface area contributed by atoms with Gasteiger partial charge in [-0.25, -0.2) is 0 Å². The van der Waals surface area contributed by atoms with E-state index in [0.29, 0.717) is 16.2 Å². The topological polar surface area (TPSA) is 74.1 Å². The number of phenols is 2. The molecule has 0 aliphatic carbocycles. The Hall–Kier alpha value is -3.64. The molecule has 0 unspecified atom stereocenters. The molecule has 0 bridgehead atoms. The van der Waals surface area contributed by atoms with E-state index in [4.69, 9.17) is 12.2 Å². The molecule has 0 aliphatic heterocycles. The van der Waals surface area contributed by atoms with E-state index in [-0.39, 0.29) is 11.5 Å². The second-order valence-corrected chi connectivity index (χ2v) is 6.97. The number of aromatic hydroxyl groups is 2. The van der Waals surface area contributed by atoms with E-state index in [2.05, 4.69) is 40.5 Å². The summed E-state index contributed by atoms with van der Waals surface area (Å²) in [7, 11) is 0. The van der Waals surface area contributed by atoms with Crippen LogP contribution in [0.1, 0.15) is 0 Å². The van der Waals surface area contributed by atoms with Crippen LogP contribution in [0.25, 0.3) is 38.6 Å². The third-order valence-corrected chi connectivity index (χ3v) is 5.13. The van der Waals surface area contributed by atoms with Crippen LogP contribution >= 0.6 is 12.2 Å². The minimum atomic E-state index is -0.0686. The Balaban J connectivity index is 1.83. The van der Waals surface area contributed by atoms with Crippen molar-refractivity contribution in [2.75, 3.05) is 0 Å². The number of aromatic amines is 1. The molecule has 28 heavy (non-hydrogen) atoms. The zero-order chi connectivity index (χ0) is 19.3. The summed E-state index contributed by atoms with van der Waals surface area (Å²) in [5, 5.41) is 31.5. The summed E-state index contributed by atoms with van der Waals surface area (Å²) in [6.45, 7) is 0. The summed E-state index contributed by atoms with van der Waals surface area (Å²) >= 11 is 5.50. The predicted octanol–water partition coefficient (Wildman–Crippen LogP) is 5.31. The van der Waals surface area contributed by atoms with Crippen molar-refractivity contribution in [1.29, 1.82) is 0 Å². The highest BCUT2D eigenvalue weighted by Gasteiger charge is 2.16. The van der Waals surface area contributed by atoms with Crippen molar-refractivity contribution in [3.63, 3.8) is 0 Å². The first-order chi connectivity index (χ1) is 13.6. The van der Waals surface area contributed by atoms with Crippen molar-refractivity contribution < 1.29 is 10.2 Å². The molecule has 0 radical (unpaired) electrons. The Morgan fingerprint density at radius 2 is 1.57 bits per heavy atom. The zero-order valence-electron chi connectivity index (χ0n) is 14.6. The van der Waals surface area contributed by atoms with E-state index in [1.807, 2.05) is 24.3 Å². The van der Waals surface area contributed by atoms with Gasteiger partial charge in [0.25, 0.3) is 0 Å². The van der Waals surface area contributed by atoms with Crippen LogP contribution < -0.4 is 0 Å². The number of phenolic OH excluding ortho intramolecular Hbond substituents is 2. The molecule has 0 aliphatic rings. The Labute approximate surface area is 165 Å². The highest BCUT2D eigenvalue weighted by molar-refractivity contribution is 7.71. The minimum Gasteiger partial charge on any atom is -0.508 e. The number of rotatable bonds is 2. The summed E-state index contributed by atoms with van der Waals surface area (Å²) in [6.07, 6.45) is 0. The summed E-state index contributed by atoms with van der Waals surface area (Å²) in [5.41, 5.74) is 1.34. The van der Waals surface area contributed by atoms with Gasteiger partial charge in [0.15, 0.2) is 10.6 Å². The molecule has 1 heterocycles. The zero-order valence-corrected chi connectivity index (χ0v) is 15.4. The summed E-state index contributed by atoms with van der Waals surface area (Å²) < 4.78 is 2.22. The second-order valence-electron chi connectivity index (χ2n) is 6.59. The fourth-order valence-corrected chi connectivity index (χ4v) is 3.79. The third-order valence-electron chi connectivity index (χ3n) is 4.86. The number of nitrogens with one attached hydrogen (secondary N) is 1. The number of nitrogens with zero attached hydrogens (tertiary/aromatic N) is 2. The fraction of sp³-hybridized carbons (Fsp3) is 0. The molecule has 5 nitrogen and oxygen atoms in total. The lowest BCUT2D eigenvalue weighted by Crippen LogP contribution is -1.99. The molecule has 0 saturated carbocycles. The Kier molecular flexibility index (Phi) is 3.67. The third kappa shape index (κ3) is 2.54. The molecular weight excluding hydrogens is 370 g/mol. The first-order valence-electron chi connectivity index (χ1n) is 8.73. The molecule has 0 amide bonds. The van der Waals surface area contributed by atoms with Gasteiger partial charge < -0.3 is 10.2 Å². The molecule has 136 valence electrons. The van der Waals surface area contributed by atoms with Gasteiger partial charge in [-0.3, -0.25) is 9.67 Å². The van der Waals surface area contributed by atoms with Crippen LogP contribution in [0.2, 0.25) is 0 Å². The van der Waals surface area contributed by atoms with E-state index >= 15 is 0 Å². The highest BCUT2D eigenvalue weighted by atomic mass is 32.1. The average molecular weight is 385 g/mol. The molecule has 5 rings (SSSR count). The van der Waals surface area contributed by atoms with Crippen molar-refractivity contribution in [2.24, 2.45) is 0 Å². The lowest BCUT2D eigenvalue weighted by molar-refractivity contribution is 0.451. The van der Waals surface area contributed by atoms with Crippen LogP contribution in [0.15, 0.2) is 72.8 Å². The first-order valence-corrected chi connectivity index (χ1v) is 9.14. The quantitative estimate of drug-likeness (QED) is 0.284. The van der Waals surface area contributed by atoms with Crippen LogP contribution in [-0.2, 0) is 0 Å². The van der Waals surface area contributed by atoms with Gasteiger partial charge in [0.05, 0.1) is 11.3 Å². The van der Waals surface area contributed by atoms with Gasteiger partial charge in [-0.05, 0) is 58.7 Å².